The molecular weight excluding hydrogens is 354 g/mol. The predicted molar refractivity (Wildman–Crippen MR) is 98.2 cm³/mol. The van der Waals surface area contributed by atoms with Crippen molar-refractivity contribution in [2.45, 2.75) is 44.6 Å². The van der Waals surface area contributed by atoms with Crippen LogP contribution in [0.3, 0.4) is 0 Å². The maximum atomic E-state index is 12.7. The van der Waals surface area contributed by atoms with E-state index in [1.165, 1.54) is 6.26 Å². The Balaban J connectivity index is 1.74. The zero-order valence-electron chi connectivity index (χ0n) is 14.5. The molecule has 0 spiro atoms. The maximum Gasteiger partial charge on any atom is 0.291 e. The van der Waals surface area contributed by atoms with Crippen molar-refractivity contribution in [3.63, 3.8) is 0 Å². The minimum absolute atomic E-state index is 0.192. The van der Waals surface area contributed by atoms with Crippen molar-refractivity contribution in [1.29, 1.82) is 0 Å². The van der Waals surface area contributed by atoms with Crippen LogP contribution in [-0.4, -0.2) is 23.3 Å². The molecule has 0 aromatic carbocycles. The third-order valence-electron chi connectivity index (χ3n) is 4.64. The van der Waals surface area contributed by atoms with Crippen LogP contribution in [0, 0.1) is 6.92 Å². The number of rotatable bonds is 5. The van der Waals surface area contributed by atoms with Crippen LogP contribution in [0.2, 0.25) is 0 Å². The molecule has 0 bridgehead atoms. The van der Waals surface area contributed by atoms with Crippen molar-refractivity contribution < 1.29 is 18.8 Å². The number of aryl methyl sites for hydroxylation is 1. The highest BCUT2D eigenvalue weighted by Gasteiger charge is 2.39. The van der Waals surface area contributed by atoms with Crippen LogP contribution < -0.4 is 16.4 Å². The fourth-order valence-electron chi connectivity index (χ4n) is 3.21. The summed E-state index contributed by atoms with van der Waals surface area (Å²) in [5.41, 5.74) is 5.31. The second-order valence-electron chi connectivity index (χ2n) is 6.52. The van der Waals surface area contributed by atoms with Crippen LogP contribution in [-0.2, 0) is 4.79 Å². The van der Waals surface area contributed by atoms with Crippen molar-refractivity contribution in [3.05, 3.63) is 40.7 Å². The molecule has 0 unspecified atom stereocenters. The van der Waals surface area contributed by atoms with Gasteiger partial charge in [0.2, 0.25) is 5.91 Å². The van der Waals surface area contributed by atoms with E-state index >= 15 is 0 Å². The third kappa shape index (κ3) is 3.65. The summed E-state index contributed by atoms with van der Waals surface area (Å²) in [5.74, 6) is -1.03. The minimum atomic E-state index is -0.983. The van der Waals surface area contributed by atoms with Gasteiger partial charge >= 0.3 is 0 Å². The van der Waals surface area contributed by atoms with Gasteiger partial charge in [-0.3, -0.25) is 14.4 Å². The van der Waals surface area contributed by atoms with E-state index in [1.54, 1.807) is 25.1 Å². The van der Waals surface area contributed by atoms with Crippen LogP contribution >= 0.6 is 11.3 Å². The van der Waals surface area contributed by atoms with Gasteiger partial charge < -0.3 is 20.8 Å². The molecule has 1 aliphatic carbocycles. The maximum absolute atomic E-state index is 12.7. The molecule has 0 aliphatic heterocycles. The summed E-state index contributed by atoms with van der Waals surface area (Å²) in [6.45, 7) is 1.78. The van der Waals surface area contributed by atoms with Crippen LogP contribution in [0.4, 0.5) is 5.00 Å². The van der Waals surface area contributed by atoms with Gasteiger partial charge in [-0.2, -0.15) is 0 Å². The van der Waals surface area contributed by atoms with Gasteiger partial charge in [-0.1, -0.05) is 19.3 Å². The number of furan rings is 1. The van der Waals surface area contributed by atoms with Crippen LogP contribution in [0.1, 0.15) is 57.9 Å². The molecule has 2 aromatic rings. The van der Waals surface area contributed by atoms with E-state index < -0.39 is 11.4 Å². The summed E-state index contributed by atoms with van der Waals surface area (Å²) in [7, 11) is 0. The van der Waals surface area contributed by atoms with E-state index in [0.717, 1.165) is 36.2 Å². The molecule has 3 amide bonds. The van der Waals surface area contributed by atoms with Crippen molar-refractivity contribution >= 4 is 34.1 Å². The molecule has 7 nitrogen and oxygen atoms in total. The Bertz CT molecular complexity index is 820. The molecule has 0 atom stereocenters. The molecule has 138 valence electrons. The molecule has 1 aliphatic rings. The zero-order chi connectivity index (χ0) is 18.7. The number of anilines is 1. The molecular formula is C18H21N3O4S. The van der Waals surface area contributed by atoms with E-state index in [9.17, 15) is 14.4 Å². The molecule has 1 fully saturated rings. The van der Waals surface area contributed by atoms with Crippen molar-refractivity contribution in [2.75, 3.05) is 5.32 Å². The summed E-state index contributed by atoms with van der Waals surface area (Å²) in [5, 5.41) is 6.09. The zero-order valence-corrected chi connectivity index (χ0v) is 15.3. The smallest absolute Gasteiger partial charge is 0.291 e. The average molecular weight is 375 g/mol. The SMILES string of the molecule is Cc1cc(NC(=O)c2ccco2)sc1C(=O)NC1(C(N)=O)CCCCC1. The first-order valence-corrected chi connectivity index (χ1v) is 9.31. The summed E-state index contributed by atoms with van der Waals surface area (Å²) < 4.78 is 5.05. The first-order chi connectivity index (χ1) is 12.4. The molecule has 0 saturated heterocycles. The van der Waals surface area contributed by atoms with E-state index in [4.69, 9.17) is 10.2 Å². The first kappa shape index (κ1) is 18.2. The van der Waals surface area contributed by atoms with Crippen molar-refractivity contribution in [2.24, 2.45) is 5.73 Å². The molecule has 1 saturated carbocycles. The highest BCUT2D eigenvalue weighted by molar-refractivity contribution is 7.18. The van der Waals surface area contributed by atoms with Gasteiger partial charge in [0.15, 0.2) is 5.76 Å². The van der Waals surface area contributed by atoms with Crippen molar-refractivity contribution in [3.8, 4) is 0 Å². The van der Waals surface area contributed by atoms with Gasteiger partial charge in [0.25, 0.3) is 11.8 Å². The number of carbonyl (C=O) groups is 3. The third-order valence-corrected chi connectivity index (χ3v) is 5.79. The molecule has 4 N–H and O–H groups in total. The molecule has 26 heavy (non-hydrogen) atoms. The second-order valence-corrected chi connectivity index (χ2v) is 7.57. The summed E-state index contributed by atoms with van der Waals surface area (Å²) in [6.07, 6.45) is 5.28. The first-order valence-electron chi connectivity index (χ1n) is 8.49. The fraction of sp³-hybridized carbons (Fsp3) is 0.389. The lowest BCUT2D eigenvalue weighted by molar-refractivity contribution is -0.125. The Morgan fingerprint density at radius 2 is 1.92 bits per heavy atom. The second kappa shape index (κ2) is 7.33. The highest BCUT2D eigenvalue weighted by atomic mass is 32.1. The molecule has 3 rings (SSSR count). The quantitative estimate of drug-likeness (QED) is 0.745. The van der Waals surface area contributed by atoms with E-state index in [0.29, 0.717) is 22.7 Å². The number of nitrogens with two attached hydrogens (primary N) is 1. The fourth-order valence-corrected chi connectivity index (χ4v) is 4.18. The largest absolute Gasteiger partial charge is 0.459 e. The van der Waals surface area contributed by atoms with E-state index in [1.807, 2.05) is 0 Å². The molecule has 0 radical (unpaired) electrons. The number of primary amides is 1. The van der Waals surface area contributed by atoms with E-state index in [2.05, 4.69) is 10.6 Å². The number of nitrogens with one attached hydrogen (secondary N) is 2. The Hall–Kier alpha value is -2.61. The number of thiophene rings is 1. The number of carbonyl (C=O) groups excluding carboxylic acids is 3. The summed E-state index contributed by atoms with van der Waals surface area (Å²) in [4.78, 5) is 37.2. The normalized spacial score (nSPS) is 16.0. The lowest BCUT2D eigenvalue weighted by atomic mass is 9.81. The predicted octanol–water partition coefficient (Wildman–Crippen LogP) is 2.82. The highest BCUT2D eigenvalue weighted by Crippen LogP contribution is 2.31. The molecule has 2 aromatic heterocycles. The number of hydrogen-bond donors (Lipinski definition) is 3. The molecule has 8 heteroatoms. The van der Waals surface area contributed by atoms with E-state index in [-0.39, 0.29) is 17.6 Å². The topological polar surface area (TPSA) is 114 Å². The monoisotopic (exact) mass is 375 g/mol. The van der Waals surface area contributed by atoms with Crippen LogP contribution in [0.5, 0.6) is 0 Å². The van der Waals surface area contributed by atoms with Gasteiger partial charge in [0, 0.05) is 0 Å². The standard InChI is InChI=1S/C18H21N3O4S/c1-11-10-13(20-15(22)12-6-5-9-25-12)26-14(11)16(23)21-18(17(19)24)7-3-2-4-8-18/h5-6,9-10H,2-4,7-8H2,1H3,(H2,19,24)(H,20,22)(H,21,23). The lowest BCUT2D eigenvalue weighted by Gasteiger charge is -2.35. The Morgan fingerprint density at radius 1 is 1.19 bits per heavy atom. The van der Waals surface area contributed by atoms with Gasteiger partial charge in [-0.15, -0.1) is 11.3 Å². The van der Waals surface area contributed by atoms with Crippen LogP contribution in [0.25, 0.3) is 0 Å². The van der Waals surface area contributed by atoms with Gasteiger partial charge in [0.05, 0.1) is 16.1 Å². The van der Waals surface area contributed by atoms with Crippen molar-refractivity contribution in [1.82, 2.24) is 5.32 Å². The Kier molecular flexibility index (Phi) is 5.13. The average Bonchev–Trinajstić information content (AvgIpc) is 3.25. The van der Waals surface area contributed by atoms with Gasteiger partial charge in [0.1, 0.15) is 5.54 Å². The molecule has 2 heterocycles. The summed E-state index contributed by atoms with van der Waals surface area (Å²) in [6, 6.07) is 4.91. The van der Waals surface area contributed by atoms with Gasteiger partial charge in [-0.05, 0) is 43.5 Å². The summed E-state index contributed by atoms with van der Waals surface area (Å²) >= 11 is 1.15. The minimum Gasteiger partial charge on any atom is -0.459 e. The Labute approximate surface area is 154 Å². The number of hydrogen-bond acceptors (Lipinski definition) is 5. The lowest BCUT2D eigenvalue weighted by Crippen LogP contribution is -2.58. The van der Waals surface area contributed by atoms with Crippen LogP contribution in [0.15, 0.2) is 28.9 Å². The van der Waals surface area contributed by atoms with Gasteiger partial charge in [-0.25, -0.2) is 0 Å². The Morgan fingerprint density at radius 3 is 2.54 bits per heavy atom. The number of amides is 3.